The molecule has 148 valence electrons. The summed E-state index contributed by atoms with van der Waals surface area (Å²) in [4.78, 5) is 22.9. The summed E-state index contributed by atoms with van der Waals surface area (Å²) in [5, 5.41) is 3.21. The van der Waals surface area contributed by atoms with Gasteiger partial charge in [0, 0.05) is 18.5 Å². The number of anilines is 2. The molecule has 4 rings (SSSR count). The number of nitrogens with two attached hydrogens (primary N) is 1. The lowest BCUT2D eigenvalue weighted by Gasteiger charge is -2.14. The monoisotopic (exact) mass is 408 g/mol. The van der Waals surface area contributed by atoms with Crippen LogP contribution in [0.25, 0.3) is 0 Å². The van der Waals surface area contributed by atoms with Gasteiger partial charge in [-0.05, 0) is 30.3 Å². The Morgan fingerprint density at radius 2 is 1.93 bits per heavy atom. The van der Waals surface area contributed by atoms with Crippen LogP contribution in [0.2, 0.25) is 0 Å². The number of amides is 1. The Hall–Kier alpha value is -3.39. The van der Waals surface area contributed by atoms with Crippen molar-refractivity contribution in [3.05, 3.63) is 63.6 Å². The van der Waals surface area contributed by atoms with Gasteiger partial charge in [0.2, 0.25) is 0 Å². The molecule has 3 N–H and O–H groups in total. The summed E-state index contributed by atoms with van der Waals surface area (Å²) in [7, 11) is 3.20. The van der Waals surface area contributed by atoms with Gasteiger partial charge in [-0.15, -0.1) is 11.3 Å². The van der Waals surface area contributed by atoms with E-state index in [4.69, 9.17) is 15.2 Å². The molecule has 0 saturated carbocycles. The van der Waals surface area contributed by atoms with Crippen LogP contribution in [0.1, 0.15) is 25.9 Å². The highest BCUT2D eigenvalue weighted by Crippen LogP contribution is 2.32. The van der Waals surface area contributed by atoms with Crippen LogP contribution in [0, 0.1) is 0 Å². The summed E-state index contributed by atoms with van der Waals surface area (Å²) < 4.78 is 10.7. The highest BCUT2D eigenvalue weighted by molar-refractivity contribution is 7.16. The van der Waals surface area contributed by atoms with Gasteiger partial charge in [0.25, 0.3) is 5.91 Å². The Labute approximate surface area is 172 Å². The van der Waals surface area contributed by atoms with Crippen molar-refractivity contribution in [2.75, 3.05) is 31.8 Å². The van der Waals surface area contributed by atoms with Gasteiger partial charge in [0.05, 0.1) is 41.9 Å². The first-order valence-electron chi connectivity index (χ1n) is 9.03. The van der Waals surface area contributed by atoms with Gasteiger partial charge >= 0.3 is 0 Å². The third kappa shape index (κ3) is 3.66. The molecule has 0 aliphatic carbocycles. The number of hydrogen-bond acceptors (Lipinski definition) is 7. The highest BCUT2D eigenvalue weighted by atomic mass is 32.1. The largest absolute Gasteiger partial charge is 0.493 e. The Kier molecular flexibility index (Phi) is 5.18. The average molecular weight is 408 g/mol. The van der Waals surface area contributed by atoms with Gasteiger partial charge in [-0.2, -0.15) is 0 Å². The number of rotatable bonds is 5. The molecule has 3 aromatic rings. The number of hydrogen-bond donors (Lipinski definition) is 2. The normalized spacial score (nSPS) is 12.7. The van der Waals surface area contributed by atoms with Gasteiger partial charge in [-0.25, -0.2) is 4.98 Å². The van der Waals surface area contributed by atoms with E-state index in [0.717, 1.165) is 21.8 Å². The van der Waals surface area contributed by atoms with E-state index in [1.807, 2.05) is 30.3 Å². The van der Waals surface area contributed by atoms with Gasteiger partial charge in [0.1, 0.15) is 0 Å². The van der Waals surface area contributed by atoms with E-state index in [0.29, 0.717) is 40.8 Å². The number of fused-ring (bicyclic) bond motifs is 1. The molecule has 2 heterocycles. The number of nitrogen functional groups attached to an aromatic ring is 1. The number of ether oxygens (including phenoxy) is 2. The fourth-order valence-electron chi connectivity index (χ4n) is 3.14. The lowest BCUT2D eigenvalue weighted by Crippen LogP contribution is -2.13. The summed E-state index contributed by atoms with van der Waals surface area (Å²) in [6.07, 6.45) is 0.698. The number of carbonyl (C=O) groups excluding carboxylic acids is 1. The topological polar surface area (TPSA) is 98.8 Å². The third-order valence-corrected chi connectivity index (χ3v) is 5.69. The number of aliphatic imine (C=N–C) groups is 1. The average Bonchev–Trinajstić information content (AvgIpc) is 3.19. The van der Waals surface area contributed by atoms with Crippen LogP contribution in [-0.2, 0) is 6.42 Å². The van der Waals surface area contributed by atoms with E-state index < -0.39 is 0 Å². The number of benzene rings is 2. The van der Waals surface area contributed by atoms with E-state index in [-0.39, 0.29) is 5.91 Å². The number of nitrogens with zero attached hydrogens (tertiary/aromatic N) is 2. The number of carbonyl (C=O) groups is 1. The molecule has 1 aliphatic heterocycles. The van der Waals surface area contributed by atoms with Crippen LogP contribution in [0.3, 0.4) is 0 Å². The van der Waals surface area contributed by atoms with Gasteiger partial charge in [-0.3, -0.25) is 9.79 Å². The number of methoxy groups -OCH3 is 2. The molecule has 7 nitrogen and oxygen atoms in total. The number of aromatic nitrogens is 1. The quantitative estimate of drug-likeness (QED) is 0.631. The molecule has 1 amide bonds. The molecule has 8 heteroatoms. The summed E-state index contributed by atoms with van der Waals surface area (Å²) in [6, 6.07) is 12.8. The van der Waals surface area contributed by atoms with Crippen molar-refractivity contribution in [3.8, 4) is 11.5 Å². The van der Waals surface area contributed by atoms with Crippen molar-refractivity contribution in [1.29, 1.82) is 0 Å². The fourth-order valence-corrected chi connectivity index (χ4v) is 4.18. The van der Waals surface area contributed by atoms with Gasteiger partial charge in [0.15, 0.2) is 16.5 Å². The lowest BCUT2D eigenvalue weighted by molar-refractivity contribution is 0.102. The summed E-state index contributed by atoms with van der Waals surface area (Å²) >= 11 is 1.33. The molecule has 0 atom stereocenters. The Morgan fingerprint density at radius 3 is 2.69 bits per heavy atom. The van der Waals surface area contributed by atoms with Crippen molar-refractivity contribution in [3.63, 3.8) is 0 Å². The minimum atomic E-state index is -0.283. The van der Waals surface area contributed by atoms with Crippen LogP contribution in [-0.4, -0.2) is 37.4 Å². The Bertz CT molecular complexity index is 1110. The zero-order chi connectivity index (χ0) is 20.4. The maximum Gasteiger partial charge on any atom is 0.284 e. The molecule has 0 fully saturated rings. The molecule has 2 aromatic carbocycles. The highest BCUT2D eigenvalue weighted by Gasteiger charge is 2.24. The van der Waals surface area contributed by atoms with E-state index in [2.05, 4.69) is 15.3 Å². The molecule has 1 aliphatic rings. The second kappa shape index (κ2) is 7.92. The SMILES string of the molecule is COc1ccc(C2=NCCc3nc(C(=O)Nc4ccccc4N)sc32)cc1OC. The van der Waals surface area contributed by atoms with Crippen LogP contribution >= 0.6 is 11.3 Å². The van der Waals surface area contributed by atoms with E-state index in [1.165, 1.54) is 11.3 Å². The van der Waals surface area contributed by atoms with Crippen molar-refractivity contribution >= 4 is 34.3 Å². The van der Waals surface area contributed by atoms with Crippen LogP contribution < -0.4 is 20.5 Å². The molecule has 29 heavy (non-hydrogen) atoms. The predicted molar refractivity (Wildman–Crippen MR) is 115 cm³/mol. The van der Waals surface area contributed by atoms with Crippen LogP contribution in [0.4, 0.5) is 11.4 Å². The van der Waals surface area contributed by atoms with Crippen molar-refractivity contribution in [2.45, 2.75) is 6.42 Å². The predicted octanol–water partition coefficient (Wildman–Crippen LogP) is 3.39. The van der Waals surface area contributed by atoms with Crippen molar-refractivity contribution in [1.82, 2.24) is 4.98 Å². The second-order valence-electron chi connectivity index (χ2n) is 6.39. The molecule has 0 bridgehead atoms. The van der Waals surface area contributed by atoms with Crippen LogP contribution in [0.15, 0.2) is 47.5 Å². The standard InChI is InChI=1S/C21H20N4O3S/c1-27-16-8-7-12(11-17(16)28-2)18-19-15(9-10-23-18)25-21(29-19)20(26)24-14-6-4-3-5-13(14)22/h3-8,11H,9-10,22H2,1-2H3,(H,24,26). The minimum absolute atomic E-state index is 0.283. The summed E-state index contributed by atoms with van der Waals surface area (Å²) in [5.74, 6) is 0.994. The zero-order valence-corrected chi connectivity index (χ0v) is 16.9. The summed E-state index contributed by atoms with van der Waals surface area (Å²) in [5.41, 5.74) is 9.58. The minimum Gasteiger partial charge on any atom is -0.493 e. The maximum atomic E-state index is 12.7. The lowest BCUT2D eigenvalue weighted by atomic mass is 10.0. The molecular formula is C21H20N4O3S. The molecule has 0 radical (unpaired) electrons. The maximum absolute atomic E-state index is 12.7. The molecule has 0 spiro atoms. The third-order valence-electron chi connectivity index (χ3n) is 4.59. The van der Waals surface area contributed by atoms with Crippen LogP contribution in [0.5, 0.6) is 11.5 Å². The van der Waals surface area contributed by atoms with E-state index >= 15 is 0 Å². The van der Waals surface area contributed by atoms with Crippen molar-refractivity contribution in [2.24, 2.45) is 4.99 Å². The van der Waals surface area contributed by atoms with E-state index in [9.17, 15) is 4.79 Å². The van der Waals surface area contributed by atoms with Gasteiger partial charge in [-0.1, -0.05) is 12.1 Å². The molecule has 0 unspecified atom stereocenters. The molecule has 0 saturated heterocycles. The van der Waals surface area contributed by atoms with Crippen molar-refractivity contribution < 1.29 is 14.3 Å². The number of thiazole rings is 1. The van der Waals surface area contributed by atoms with Gasteiger partial charge < -0.3 is 20.5 Å². The first-order chi connectivity index (χ1) is 14.1. The zero-order valence-electron chi connectivity index (χ0n) is 16.1. The Morgan fingerprint density at radius 1 is 1.14 bits per heavy atom. The molecule has 1 aromatic heterocycles. The number of nitrogens with one attached hydrogen (secondary N) is 1. The smallest absolute Gasteiger partial charge is 0.284 e. The fraction of sp³-hybridized carbons (Fsp3) is 0.190. The number of para-hydroxylation sites is 2. The first kappa shape index (κ1) is 18.9. The second-order valence-corrected chi connectivity index (χ2v) is 7.39. The Balaban J connectivity index is 1.65. The van der Waals surface area contributed by atoms with E-state index in [1.54, 1.807) is 26.4 Å². The first-order valence-corrected chi connectivity index (χ1v) is 9.85. The molecular weight excluding hydrogens is 388 g/mol. The summed E-state index contributed by atoms with van der Waals surface area (Å²) in [6.45, 7) is 0.618.